The van der Waals surface area contributed by atoms with Crippen molar-refractivity contribution in [3.05, 3.63) is 20.1 Å². The van der Waals surface area contributed by atoms with Gasteiger partial charge in [-0.05, 0) is 19.9 Å². The molecule has 6 heteroatoms. The Morgan fingerprint density at radius 2 is 1.94 bits per heavy atom. The molecule has 0 saturated carbocycles. The fourth-order valence-electron chi connectivity index (χ4n) is 1.21. The highest BCUT2D eigenvalue weighted by Crippen LogP contribution is 2.49. The largest absolute Gasteiger partial charge is 0.348 e. The quantitative estimate of drug-likeness (QED) is 0.310. The smallest absolute Gasteiger partial charge is 0.191 e. The van der Waals surface area contributed by atoms with Crippen molar-refractivity contribution in [2.45, 2.75) is 20.1 Å². The molecule has 0 radical (unpaired) electrons. The maximum Gasteiger partial charge on any atom is 0.191 e. The third-order valence-electron chi connectivity index (χ3n) is 1.83. The Morgan fingerprint density at radius 3 is 2.41 bits per heavy atom. The second-order valence-electron chi connectivity index (χ2n) is 2.91. The van der Waals surface area contributed by atoms with E-state index in [4.69, 9.17) is 21.7 Å². The second kappa shape index (κ2) is 8.05. The maximum absolute atomic E-state index is 11.0. The third-order valence-corrected chi connectivity index (χ3v) is 4.43. The molecule has 3 nitrogen and oxygen atoms in total. The summed E-state index contributed by atoms with van der Waals surface area (Å²) in [5.41, 5.74) is 0. The van der Waals surface area contributed by atoms with Gasteiger partial charge in [-0.15, -0.1) is 0 Å². The van der Waals surface area contributed by atoms with Crippen LogP contribution in [0.2, 0.25) is 0 Å². The number of carbonyl (C=O) groups is 1. The van der Waals surface area contributed by atoms with Gasteiger partial charge >= 0.3 is 0 Å². The lowest BCUT2D eigenvalue weighted by Crippen LogP contribution is -2.18. The Kier molecular flexibility index (Phi) is 7.06. The number of aldehydes is 1. The third kappa shape index (κ3) is 4.22. The van der Waals surface area contributed by atoms with Crippen LogP contribution in [0.3, 0.4) is 0 Å². The lowest BCUT2D eigenvalue weighted by Gasteiger charge is -2.17. The monoisotopic (exact) mass is 290 g/mol. The lowest BCUT2D eigenvalue weighted by molar-refractivity contribution is -0.109. The number of ether oxygens (including phenoxy) is 2. The highest BCUT2D eigenvalue weighted by Gasteiger charge is 2.28. The van der Waals surface area contributed by atoms with Crippen molar-refractivity contribution in [1.82, 2.24) is 0 Å². The summed E-state index contributed by atoms with van der Waals surface area (Å²) in [6.45, 7) is 4.87. The van der Waals surface area contributed by atoms with Gasteiger partial charge in [0.1, 0.15) is 0 Å². The molecule has 1 aliphatic rings. The van der Waals surface area contributed by atoms with Gasteiger partial charge in [0.15, 0.2) is 12.6 Å². The van der Waals surface area contributed by atoms with Crippen LogP contribution in [-0.4, -0.2) is 31.2 Å². The molecule has 0 unspecified atom stereocenters. The number of hydrogen-bond donors (Lipinski definition) is 0. The van der Waals surface area contributed by atoms with Crippen molar-refractivity contribution < 1.29 is 14.3 Å². The van der Waals surface area contributed by atoms with Crippen LogP contribution in [-0.2, 0) is 14.3 Å². The number of hydrogen-bond acceptors (Lipinski definition) is 6. The van der Waals surface area contributed by atoms with E-state index in [9.17, 15) is 4.79 Å². The molecule has 0 saturated heterocycles. The Hall–Kier alpha value is -0.140. The minimum absolute atomic E-state index is 0.460. The maximum atomic E-state index is 11.0. The molecule has 0 aromatic heterocycles. The summed E-state index contributed by atoms with van der Waals surface area (Å²) < 4.78 is 12.0. The standard InChI is InChI=1S/C11H14O3S3/c1-3-13-11(14-4-2)10-8(7-12)16-9(17-10)5-6-15/h5-7,11H,3-4H2,1-2H3/b9-5-. The van der Waals surface area contributed by atoms with Gasteiger partial charge < -0.3 is 9.47 Å². The van der Waals surface area contributed by atoms with Crippen molar-refractivity contribution in [1.29, 1.82) is 0 Å². The zero-order valence-corrected chi connectivity index (χ0v) is 12.1. The molecule has 1 aliphatic heterocycles. The van der Waals surface area contributed by atoms with Crippen LogP contribution in [0.15, 0.2) is 20.1 Å². The molecule has 0 fully saturated rings. The van der Waals surface area contributed by atoms with E-state index in [2.05, 4.69) is 0 Å². The van der Waals surface area contributed by atoms with Gasteiger partial charge in [0.05, 0.1) is 14.0 Å². The fourth-order valence-corrected chi connectivity index (χ4v) is 3.81. The van der Waals surface area contributed by atoms with Gasteiger partial charge in [-0.2, -0.15) is 0 Å². The molecule has 0 bridgehead atoms. The van der Waals surface area contributed by atoms with Crippen molar-refractivity contribution in [3.8, 4) is 0 Å². The first-order valence-electron chi connectivity index (χ1n) is 5.20. The van der Waals surface area contributed by atoms with Crippen LogP contribution in [0.4, 0.5) is 0 Å². The van der Waals surface area contributed by atoms with Crippen LogP contribution in [0.5, 0.6) is 0 Å². The van der Waals surface area contributed by atoms with Crippen LogP contribution >= 0.6 is 35.7 Å². The van der Waals surface area contributed by atoms with Crippen molar-refractivity contribution in [3.63, 3.8) is 0 Å². The van der Waals surface area contributed by atoms with Crippen LogP contribution in [0.25, 0.3) is 0 Å². The Morgan fingerprint density at radius 1 is 1.29 bits per heavy atom. The Bertz CT molecular complexity index is 344. The first-order valence-corrected chi connectivity index (χ1v) is 7.30. The minimum atomic E-state index is -0.460. The topological polar surface area (TPSA) is 35.5 Å². The molecule has 1 rings (SSSR count). The summed E-state index contributed by atoms with van der Waals surface area (Å²) in [5.74, 6) is 0. The lowest BCUT2D eigenvalue weighted by atomic mass is 10.5. The molecule has 0 amide bonds. The number of rotatable bonds is 7. The number of thioether (sulfide) groups is 2. The van der Waals surface area contributed by atoms with Crippen molar-refractivity contribution in [2.75, 3.05) is 13.2 Å². The van der Waals surface area contributed by atoms with Gasteiger partial charge in [-0.1, -0.05) is 35.7 Å². The summed E-state index contributed by atoms with van der Waals surface area (Å²) >= 11 is 7.65. The SMILES string of the molecule is CCOC(OCC)C1=C(C=O)S/C(=C/C=S)S1. The first kappa shape index (κ1) is 14.9. The van der Waals surface area contributed by atoms with E-state index in [-0.39, 0.29) is 0 Å². The van der Waals surface area contributed by atoms with E-state index in [0.717, 1.165) is 15.4 Å². The molecule has 0 atom stereocenters. The average Bonchev–Trinajstić information content (AvgIpc) is 2.72. The molecule has 0 aliphatic carbocycles. The van der Waals surface area contributed by atoms with Crippen molar-refractivity contribution >= 4 is 47.4 Å². The van der Waals surface area contributed by atoms with Gasteiger partial charge in [-0.25, -0.2) is 0 Å². The summed E-state index contributed by atoms with van der Waals surface area (Å²) in [6.07, 6.45) is 2.18. The number of allylic oxidation sites excluding steroid dienone is 2. The molecule has 17 heavy (non-hydrogen) atoms. The van der Waals surface area contributed by atoms with E-state index in [1.54, 1.807) is 6.08 Å². The number of thiocarbonyl (C=S) groups is 1. The highest BCUT2D eigenvalue weighted by atomic mass is 32.2. The van der Waals surface area contributed by atoms with E-state index in [1.807, 2.05) is 13.8 Å². The predicted octanol–water partition coefficient (Wildman–Crippen LogP) is 3.12. The number of carbonyl (C=O) groups excluding carboxylic acids is 1. The van der Waals surface area contributed by atoms with E-state index < -0.39 is 6.29 Å². The fraction of sp³-hybridized carbons (Fsp3) is 0.455. The summed E-state index contributed by atoms with van der Waals surface area (Å²) in [4.78, 5) is 12.5. The summed E-state index contributed by atoms with van der Waals surface area (Å²) in [5, 5.41) is 1.54. The van der Waals surface area contributed by atoms with Gasteiger partial charge in [0, 0.05) is 18.6 Å². The molecular weight excluding hydrogens is 276 g/mol. The highest BCUT2D eigenvalue weighted by molar-refractivity contribution is 8.29. The van der Waals surface area contributed by atoms with E-state index >= 15 is 0 Å². The zero-order chi connectivity index (χ0) is 12.7. The molecular formula is C11H14O3S3. The molecule has 0 aromatic carbocycles. The van der Waals surface area contributed by atoms with Crippen LogP contribution in [0, 0.1) is 0 Å². The molecule has 0 spiro atoms. The Balaban J connectivity index is 2.86. The molecule has 0 aromatic rings. The molecule has 1 heterocycles. The molecule has 0 N–H and O–H groups in total. The van der Waals surface area contributed by atoms with Gasteiger partial charge in [-0.3, -0.25) is 4.79 Å². The first-order chi connectivity index (χ1) is 8.26. The van der Waals surface area contributed by atoms with Gasteiger partial charge in [0.2, 0.25) is 0 Å². The zero-order valence-electron chi connectivity index (χ0n) is 9.67. The predicted molar refractivity (Wildman–Crippen MR) is 77.1 cm³/mol. The summed E-state index contributed by atoms with van der Waals surface area (Å²) in [6, 6.07) is 0. The van der Waals surface area contributed by atoms with E-state index in [0.29, 0.717) is 18.1 Å². The average molecular weight is 290 g/mol. The Labute approximate surface area is 115 Å². The molecule has 94 valence electrons. The van der Waals surface area contributed by atoms with Crippen LogP contribution in [0.1, 0.15) is 13.8 Å². The normalized spacial score (nSPS) is 18.2. The summed E-state index contributed by atoms with van der Waals surface area (Å²) in [7, 11) is 0. The second-order valence-corrected chi connectivity index (χ2v) is 5.61. The van der Waals surface area contributed by atoms with E-state index in [1.165, 1.54) is 28.9 Å². The van der Waals surface area contributed by atoms with Gasteiger partial charge in [0.25, 0.3) is 0 Å². The minimum Gasteiger partial charge on any atom is -0.348 e. The van der Waals surface area contributed by atoms with Crippen LogP contribution < -0.4 is 0 Å². The van der Waals surface area contributed by atoms with Crippen molar-refractivity contribution in [2.24, 2.45) is 0 Å².